The molecule has 1 unspecified atom stereocenters. The average Bonchev–Trinajstić information content (AvgIpc) is 2.82. The third-order valence-corrected chi connectivity index (χ3v) is 4.06. The maximum Gasteiger partial charge on any atom is 0.142 e. The zero-order valence-electron chi connectivity index (χ0n) is 10.2. The monoisotopic (exact) mass is 327 g/mol. The van der Waals surface area contributed by atoms with Crippen molar-refractivity contribution in [2.24, 2.45) is 4.99 Å². The Labute approximate surface area is 130 Å². The molecule has 0 N–H and O–H groups in total. The van der Waals surface area contributed by atoms with Crippen LogP contribution in [-0.4, -0.2) is 29.5 Å². The van der Waals surface area contributed by atoms with Crippen molar-refractivity contribution in [2.45, 2.75) is 6.04 Å². The second kappa shape index (κ2) is 6.40. The first-order chi connectivity index (χ1) is 9.49. The third kappa shape index (κ3) is 3.60. The number of aliphatic imine (C=N–C) groups is 1. The molecule has 0 spiro atoms. The summed E-state index contributed by atoms with van der Waals surface area (Å²) in [5, 5.41) is 12.6. The van der Waals surface area contributed by atoms with E-state index in [2.05, 4.69) is 10.9 Å². The Morgan fingerprint density at radius 1 is 1.50 bits per heavy atom. The molecular formula is C13H9Cl2N2O2S-. The Kier molecular flexibility index (Phi) is 4.81. The Hall–Kier alpha value is -1.35. The highest BCUT2D eigenvalue weighted by Crippen LogP contribution is 2.27. The second-order valence-electron chi connectivity index (χ2n) is 4.00. The number of terminal acetylenes is 1. The molecule has 1 heterocycles. The van der Waals surface area contributed by atoms with Gasteiger partial charge in [0.05, 0.1) is 11.6 Å². The Morgan fingerprint density at radius 3 is 2.65 bits per heavy atom. The van der Waals surface area contributed by atoms with Crippen molar-refractivity contribution in [3.05, 3.63) is 28.2 Å². The number of hydrogen-bond acceptors (Lipinski definition) is 4. The van der Waals surface area contributed by atoms with Crippen LogP contribution in [0.1, 0.15) is 0 Å². The van der Waals surface area contributed by atoms with Crippen LogP contribution < -0.4 is 10.0 Å². The lowest BCUT2D eigenvalue weighted by molar-refractivity contribution is -0.246. The van der Waals surface area contributed by atoms with Gasteiger partial charge in [0, 0.05) is 21.5 Å². The lowest BCUT2D eigenvalue weighted by Crippen LogP contribution is -2.43. The van der Waals surface area contributed by atoms with E-state index in [9.17, 15) is 9.90 Å². The van der Waals surface area contributed by atoms with E-state index in [0.29, 0.717) is 26.5 Å². The van der Waals surface area contributed by atoms with Crippen molar-refractivity contribution in [3.63, 3.8) is 0 Å². The fourth-order valence-electron chi connectivity index (χ4n) is 1.69. The largest absolute Gasteiger partial charge is 0.530 e. The first-order valence-corrected chi connectivity index (χ1v) is 7.34. The number of carbonyl (C=O) groups excluding carboxylic acids is 1. The van der Waals surface area contributed by atoms with Crippen molar-refractivity contribution < 1.29 is 9.90 Å². The first kappa shape index (κ1) is 15.0. The summed E-state index contributed by atoms with van der Waals surface area (Å²) in [6, 6.07) is 4.32. The van der Waals surface area contributed by atoms with E-state index in [1.807, 2.05) is 0 Å². The molecule has 0 aromatic heterocycles. The summed E-state index contributed by atoms with van der Waals surface area (Å²) in [6.45, 7) is 0.0713. The third-order valence-electron chi connectivity index (χ3n) is 2.57. The van der Waals surface area contributed by atoms with Crippen LogP contribution in [0.4, 0.5) is 10.5 Å². The van der Waals surface area contributed by atoms with Crippen molar-refractivity contribution >= 4 is 51.8 Å². The van der Waals surface area contributed by atoms with Gasteiger partial charge in [0.2, 0.25) is 0 Å². The summed E-state index contributed by atoms with van der Waals surface area (Å²) >= 11 is 13.2. The van der Waals surface area contributed by atoms with Crippen molar-refractivity contribution in [1.82, 2.24) is 0 Å². The molecule has 1 atom stereocenters. The van der Waals surface area contributed by atoms with Gasteiger partial charge in [-0.1, -0.05) is 29.1 Å². The molecule has 2 rings (SSSR count). The average molecular weight is 328 g/mol. The summed E-state index contributed by atoms with van der Waals surface area (Å²) in [4.78, 5) is 16.6. The number of thioether (sulfide) groups is 1. The van der Waals surface area contributed by atoms with Crippen molar-refractivity contribution in [1.29, 1.82) is 0 Å². The topological polar surface area (TPSA) is 55.7 Å². The maximum atomic E-state index is 11.3. The predicted molar refractivity (Wildman–Crippen MR) is 81.7 cm³/mol. The highest BCUT2D eigenvalue weighted by atomic mass is 35.5. The number of benzene rings is 1. The normalized spacial score (nSPS) is 17.4. The number of carboxylic acid groups (broad SMARTS) is 1. The first-order valence-electron chi connectivity index (χ1n) is 5.60. The van der Waals surface area contributed by atoms with E-state index in [1.54, 1.807) is 0 Å². The molecule has 104 valence electrons. The fraction of sp³-hybridized carbons (Fsp3) is 0.231. The lowest BCUT2D eigenvalue weighted by atomic mass is 10.3. The van der Waals surface area contributed by atoms with E-state index in [4.69, 9.17) is 29.6 Å². The van der Waals surface area contributed by atoms with Crippen molar-refractivity contribution in [3.8, 4) is 12.3 Å². The molecular weight excluding hydrogens is 319 g/mol. The molecule has 1 amide bonds. The fourth-order valence-corrected chi connectivity index (χ4v) is 3.14. The molecule has 4 nitrogen and oxygen atoms in total. The minimum atomic E-state index is -1.35. The molecule has 0 bridgehead atoms. The number of anilines is 1. The van der Waals surface area contributed by atoms with Crippen LogP contribution >= 0.6 is 35.0 Å². The minimum Gasteiger partial charge on any atom is -0.530 e. The predicted octanol–water partition coefficient (Wildman–Crippen LogP) is 2.29. The van der Waals surface area contributed by atoms with E-state index in [-0.39, 0.29) is 12.6 Å². The summed E-state index contributed by atoms with van der Waals surface area (Å²) in [5.74, 6) is 3.18. The summed E-state index contributed by atoms with van der Waals surface area (Å²) in [6.07, 6.45) is 3.94. The van der Waals surface area contributed by atoms with Gasteiger partial charge in [0.1, 0.15) is 12.1 Å². The molecule has 1 aliphatic heterocycles. The summed E-state index contributed by atoms with van der Waals surface area (Å²) in [5.41, 5.74) is 0.343. The number of nitrogens with zero attached hydrogens (tertiary/aromatic N) is 2. The molecule has 0 saturated heterocycles. The van der Waals surface area contributed by atoms with Crippen LogP contribution in [0.25, 0.3) is 0 Å². The van der Waals surface area contributed by atoms with Gasteiger partial charge in [-0.25, -0.2) is 0 Å². The highest BCUT2D eigenvalue weighted by molar-refractivity contribution is 8.14. The zero-order valence-corrected chi connectivity index (χ0v) is 12.5. The number of rotatable bonds is 3. The van der Waals surface area contributed by atoms with Gasteiger partial charge in [-0.3, -0.25) is 4.99 Å². The quantitative estimate of drug-likeness (QED) is 0.800. The zero-order chi connectivity index (χ0) is 14.7. The van der Waals surface area contributed by atoms with E-state index < -0.39 is 6.09 Å². The standard InChI is InChI=1S/C13H10Cl2N2O2S/c1-2-10-7-20-12(16-10)6-17(13(18)19)11-4-8(14)3-9(15)5-11/h1,3-5,10H,6-7H2,(H,18,19)/p-1. The molecule has 0 aliphatic carbocycles. The van der Waals surface area contributed by atoms with E-state index in [0.717, 1.165) is 4.90 Å². The van der Waals surface area contributed by atoms with Crippen LogP contribution in [0.15, 0.2) is 23.2 Å². The Bertz CT molecular complexity index is 593. The molecule has 0 fully saturated rings. The van der Waals surface area contributed by atoms with Crippen LogP contribution in [0, 0.1) is 12.3 Å². The molecule has 7 heteroatoms. The second-order valence-corrected chi connectivity index (χ2v) is 5.96. The summed E-state index contributed by atoms with van der Waals surface area (Å²) < 4.78 is 0. The Morgan fingerprint density at radius 2 is 2.15 bits per heavy atom. The molecule has 1 aromatic rings. The van der Waals surface area contributed by atoms with Crippen LogP contribution in [0.2, 0.25) is 10.0 Å². The Balaban J connectivity index is 2.24. The van der Waals surface area contributed by atoms with Crippen LogP contribution in [-0.2, 0) is 0 Å². The highest BCUT2D eigenvalue weighted by Gasteiger charge is 2.20. The molecule has 1 aliphatic rings. The van der Waals surface area contributed by atoms with Crippen LogP contribution in [0.3, 0.4) is 0 Å². The van der Waals surface area contributed by atoms with Gasteiger partial charge >= 0.3 is 0 Å². The van der Waals surface area contributed by atoms with Crippen LogP contribution in [0.5, 0.6) is 0 Å². The van der Waals surface area contributed by atoms with E-state index >= 15 is 0 Å². The SMILES string of the molecule is C#CC1CSC(CN(C(=O)[O-])c2cc(Cl)cc(Cl)c2)=N1. The number of hydrogen-bond donors (Lipinski definition) is 0. The summed E-state index contributed by atoms with van der Waals surface area (Å²) in [7, 11) is 0. The van der Waals surface area contributed by atoms with Gasteiger partial charge in [-0.15, -0.1) is 18.2 Å². The lowest BCUT2D eigenvalue weighted by Gasteiger charge is -2.25. The van der Waals surface area contributed by atoms with Gasteiger partial charge in [-0.05, 0) is 18.2 Å². The smallest absolute Gasteiger partial charge is 0.142 e. The molecule has 0 radical (unpaired) electrons. The van der Waals surface area contributed by atoms with Gasteiger partial charge in [0.15, 0.2) is 0 Å². The molecule has 20 heavy (non-hydrogen) atoms. The number of amides is 1. The minimum absolute atomic E-state index is 0.0713. The number of carbonyl (C=O) groups is 1. The maximum absolute atomic E-state index is 11.3. The van der Waals surface area contributed by atoms with Crippen molar-refractivity contribution in [2.75, 3.05) is 17.2 Å². The van der Waals surface area contributed by atoms with Gasteiger partial charge < -0.3 is 14.8 Å². The number of halogens is 2. The van der Waals surface area contributed by atoms with E-state index in [1.165, 1.54) is 30.0 Å². The molecule has 1 aromatic carbocycles. The van der Waals surface area contributed by atoms with Gasteiger partial charge in [-0.2, -0.15) is 0 Å². The molecule has 0 saturated carbocycles. The van der Waals surface area contributed by atoms with Gasteiger partial charge in [0.25, 0.3) is 0 Å².